The Balaban J connectivity index is 2.10. The molecule has 2 aromatic carbocycles. The van der Waals surface area contributed by atoms with E-state index in [1.807, 2.05) is 25.1 Å². The van der Waals surface area contributed by atoms with Crippen molar-refractivity contribution in [2.75, 3.05) is 11.1 Å². The van der Waals surface area contributed by atoms with Crippen molar-refractivity contribution in [2.45, 2.75) is 6.92 Å². The molecule has 0 unspecified atom stereocenters. The number of hydrogen-bond acceptors (Lipinski definition) is 3. The van der Waals surface area contributed by atoms with Crippen LogP contribution in [0.5, 0.6) is 0 Å². The summed E-state index contributed by atoms with van der Waals surface area (Å²) in [5.41, 5.74) is 9.29. The number of nitrogens with one attached hydrogen (secondary N) is 1. The lowest BCUT2D eigenvalue weighted by Gasteiger charge is -2.12. The van der Waals surface area contributed by atoms with E-state index in [1.165, 1.54) is 6.07 Å². The highest BCUT2D eigenvalue weighted by Gasteiger charge is 2.07. The number of fused-ring (bicyclic) bond motifs is 1. The first kappa shape index (κ1) is 13.8. The molecule has 3 aromatic rings. The largest absolute Gasteiger partial charge is 0.398 e. The number of benzene rings is 2. The molecule has 0 fully saturated rings. The van der Waals surface area contributed by atoms with Crippen LogP contribution in [0.1, 0.15) is 5.69 Å². The van der Waals surface area contributed by atoms with E-state index in [-0.39, 0.29) is 5.82 Å². The van der Waals surface area contributed by atoms with Crippen LogP contribution in [0.4, 0.5) is 21.5 Å². The molecule has 3 N–H and O–H groups in total. The summed E-state index contributed by atoms with van der Waals surface area (Å²) in [6, 6.07) is 10.5. The second-order valence-corrected chi connectivity index (χ2v) is 5.68. The molecule has 3 rings (SSSR count). The van der Waals surface area contributed by atoms with Crippen molar-refractivity contribution in [2.24, 2.45) is 0 Å². The number of anilines is 3. The molecule has 1 heterocycles. The van der Waals surface area contributed by atoms with Crippen LogP contribution in [0.15, 0.2) is 47.1 Å². The van der Waals surface area contributed by atoms with Crippen LogP contribution < -0.4 is 11.1 Å². The molecule has 0 aliphatic rings. The number of nitrogens with zero attached hydrogens (tertiary/aromatic N) is 1. The second-order valence-electron chi connectivity index (χ2n) is 4.83. The van der Waals surface area contributed by atoms with E-state index in [2.05, 4.69) is 26.2 Å². The van der Waals surface area contributed by atoms with Gasteiger partial charge in [0.05, 0.1) is 4.47 Å². The number of hydrogen-bond donors (Lipinski definition) is 2. The smallest absolute Gasteiger partial charge is 0.137 e. The standard InChI is InChI=1S/C16H13BrFN3/c1-9-6-11-12(8-20-9)15(19)4-5-16(11)21-10-2-3-14(18)13(17)7-10/h2-8,21H,19H2,1H3. The van der Waals surface area contributed by atoms with E-state index in [1.54, 1.807) is 18.3 Å². The molecule has 0 spiro atoms. The summed E-state index contributed by atoms with van der Waals surface area (Å²) < 4.78 is 13.7. The molecule has 21 heavy (non-hydrogen) atoms. The first-order chi connectivity index (χ1) is 10.0. The predicted molar refractivity (Wildman–Crippen MR) is 88.3 cm³/mol. The lowest BCUT2D eigenvalue weighted by Crippen LogP contribution is -1.96. The number of aromatic nitrogens is 1. The van der Waals surface area contributed by atoms with Crippen molar-refractivity contribution in [1.29, 1.82) is 0 Å². The summed E-state index contributed by atoms with van der Waals surface area (Å²) >= 11 is 3.19. The van der Waals surface area contributed by atoms with Gasteiger partial charge in [-0.15, -0.1) is 0 Å². The number of rotatable bonds is 2. The molecule has 5 heteroatoms. The van der Waals surface area contributed by atoms with Crippen molar-refractivity contribution in [3.8, 4) is 0 Å². The summed E-state index contributed by atoms with van der Waals surface area (Å²) in [7, 11) is 0. The Labute approximate surface area is 130 Å². The first-order valence-corrected chi connectivity index (χ1v) is 7.21. The van der Waals surface area contributed by atoms with E-state index in [9.17, 15) is 4.39 Å². The fourth-order valence-corrected chi connectivity index (χ4v) is 2.58. The van der Waals surface area contributed by atoms with Gasteiger partial charge in [-0.1, -0.05) is 0 Å². The Hall–Kier alpha value is -2.14. The van der Waals surface area contributed by atoms with Gasteiger partial charge < -0.3 is 11.1 Å². The highest BCUT2D eigenvalue weighted by molar-refractivity contribution is 9.10. The summed E-state index contributed by atoms with van der Waals surface area (Å²) in [4.78, 5) is 4.28. The monoisotopic (exact) mass is 345 g/mol. The number of nitrogen functional groups attached to an aromatic ring is 1. The van der Waals surface area contributed by atoms with Gasteiger partial charge in [0, 0.05) is 39.7 Å². The molecule has 0 aliphatic carbocycles. The zero-order chi connectivity index (χ0) is 15.0. The average molecular weight is 346 g/mol. The van der Waals surface area contributed by atoms with Crippen molar-refractivity contribution < 1.29 is 4.39 Å². The van der Waals surface area contributed by atoms with Gasteiger partial charge in [-0.2, -0.15) is 0 Å². The molecule has 106 valence electrons. The minimum absolute atomic E-state index is 0.289. The van der Waals surface area contributed by atoms with Gasteiger partial charge in [0.25, 0.3) is 0 Å². The normalized spacial score (nSPS) is 10.8. The number of pyridine rings is 1. The Bertz CT molecular complexity index is 833. The van der Waals surface area contributed by atoms with Crippen LogP contribution >= 0.6 is 15.9 Å². The van der Waals surface area contributed by atoms with Gasteiger partial charge in [0.2, 0.25) is 0 Å². The van der Waals surface area contributed by atoms with Crippen LogP contribution in [0.2, 0.25) is 0 Å². The highest BCUT2D eigenvalue weighted by Crippen LogP contribution is 2.31. The van der Waals surface area contributed by atoms with Crippen LogP contribution in [-0.2, 0) is 0 Å². The topological polar surface area (TPSA) is 50.9 Å². The lowest BCUT2D eigenvalue weighted by molar-refractivity contribution is 0.621. The van der Waals surface area contributed by atoms with E-state index in [0.29, 0.717) is 10.2 Å². The number of nitrogens with two attached hydrogens (primary N) is 1. The van der Waals surface area contributed by atoms with Crippen LogP contribution in [0.3, 0.4) is 0 Å². The average Bonchev–Trinajstić information content (AvgIpc) is 2.46. The van der Waals surface area contributed by atoms with Crippen molar-refractivity contribution >= 4 is 43.8 Å². The minimum atomic E-state index is -0.289. The third kappa shape index (κ3) is 2.69. The summed E-state index contributed by atoms with van der Waals surface area (Å²) in [6.07, 6.45) is 1.77. The van der Waals surface area contributed by atoms with Crippen LogP contribution in [-0.4, -0.2) is 4.98 Å². The Morgan fingerprint density at radius 3 is 2.71 bits per heavy atom. The molecule has 0 saturated heterocycles. The Morgan fingerprint density at radius 2 is 1.95 bits per heavy atom. The first-order valence-electron chi connectivity index (χ1n) is 6.41. The van der Waals surface area contributed by atoms with Crippen LogP contribution in [0, 0.1) is 12.7 Å². The molecular weight excluding hydrogens is 333 g/mol. The third-order valence-corrected chi connectivity index (χ3v) is 3.88. The van der Waals surface area contributed by atoms with Crippen molar-refractivity contribution in [1.82, 2.24) is 4.98 Å². The minimum Gasteiger partial charge on any atom is -0.398 e. The maximum Gasteiger partial charge on any atom is 0.137 e. The molecule has 3 nitrogen and oxygen atoms in total. The van der Waals surface area contributed by atoms with Crippen LogP contribution in [0.25, 0.3) is 10.8 Å². The predicted octanol–water partition coefficient (Wildman–Crippen LogP) is 4.77. The molecule has 1 aromatic heterocycles. The van der Waals surface area contributed by atoms with E-state index >= 15 is 0 Å². The van der Waals surface area contributed by atoms with Crippen molar-refractivity contribution in [3.63, 3.8) is 0 Å². The molecule has 0 bridgehead atoms. The molecule has 0 aliphatic heterocycles. The lowest BCUT2D eigenvalue weighted by atomic mass is 10.1. The van der Waals surface area contributed by atoms with Gasteiger partial charge in [-0.3, -0.25) is 4.98 Å². The Morgan fingerprint density at radius 1 is 1.14 bits per heavy atom. The quantitative estimate of drug-likeness (QED) is 0.657. The Kier molecular flexibility index (Phi) is 3.51. The van der Waals surface area contributed by atoms with Gasteiger partial charge in [0.1, 0.15) is 5.82 Å². The van der Waals surface area contributed by atoms with E-state index in [0.717, 1.165) is 27.8 Å². The number of halogens is 2. The summed E-state index contributed by atoms with van der Waals surface area (Å²) in [5, 5.41) is 5.17. The fourth-order valence-electron chi connectivity index (χ4n) is 2.20. The fraction of sp³-hybridized carbons (Fsp3) is 0.0625. The highest BCUT2D eigenvalue weighted by atomic mass is 79.9. The second kappa shape index (κ2) is 5.33. The maximum absolute atomic E-state index is 13.3. The molecule has 0 radical (unpaired) electrons. The van der Waals surface area contributed by atoms with E-state index < -0.39 is 0 Å². The van der Waals surface area contributed by atoms with Gasteiger partial charge in [0.15, 0.2) is 0 Å². The summed E-state index contributed by atoms with van der Waals surface area (Å²) in [5.74, 6) is -0.289. The molecule has 0 atom stereocenters. The van der Waals surface area contributed by atoms with Crippen molar-refractivity contribution in [3.05, 3.63) is 58.6 Å². The maximum atomic E-state index is 13.3. The zero-order valence-electron chi connectivity index (χ0n) is 11.3. The molecule has 0 saturated carbocycles. The van der Waals surface area contributed by atoms with Gasteiger partial charge in [-0.05, 0) is 59.3 Å². The molecule has 0 amide bonds. The third-order valence-electron chi connectivity index (χ3n) is 3.27. The SMILES string of the molecule is Cc1cc2c(Nc3ccc(F)c(Br)c3)ccc(N)c2cn1. The van der Waals surface area contributed by atoms with E-state index in [4.69, 9.17) is 5.73 Å². The summed E-state index contributed by atoms with van der Waals surface area (Å²) in [6.45, 7) is 1.93. The van der Waals surface area contributed by atoms with Gasteiger partial charge in [-0.25, -0.2) is 4.39 Å². The number of aryl methyl sites for hydroxylation is 1. The van der Waals surface area contributed by atoms with Gasteiger partial charge >= 0.3 is 0 Å². The molecular formula is C16H13BrFN3. The zero-order valence-corrected chi connectivity index (χ0v) is 12.9.